The van der Waals surface area contributed by atoms with Gasteiger partial charge < -0.3 is 0 Å². The van der Waals surface area contributed by atoms with Crippen molar-refractivity contribution in [1.82, 2.24) is 15.0 Å². The smallest absolute Gasteiger partial charge is 0.125 e. The summed E-state index contributed by atoms with van der Waals surface area (Å²) in [6.07, 6.45) is 7.82. The molecular formula is C17H17N3S. The molecule has 3 aromatic heterocycles. The normalized spacial score (nSPS) is 10.8. The number of pyridine rings is 2. The van der Waals surface area contributed by atoms with E-state index in [1.165, 1.54) is 5.56 Å². The predicted molar refractivity (Wildman–Crippen MR) is 87.3 cm³/mol. The number of rotatable bonds is 4. The van der Waals surface area contributed by atoms with Crippen LogP contribution in [0.1, 0.15) is 24.6 Å². The van der Waals surface area contributed by atoms with Crippen molar-refractivity contribution in [3.8, 4) is 21.8 Å². The van der Waals surface area contributed by atoms with Crippen LogP contribution >= 0.6 is 11.3 Å². The first kappa shape index (κ1) is 13.9. The van der Waals surface area contributed by atoms with Gasteiger partial charge in [-0.1, -0.05) is 13.3 Å². The number of hydrogen-bond acceptors (Lipinski definition) is 4. The molecule has 0 aliphatic carbocycles. The van der Waals surface area contributed by atoms with E-state index < -0.39 is 0 Å². The molecule has 3 heterocycles. The summed E-state index contributed by atoms with van der Waals surface area (Å²) in [5.41, 5.74) is 5.55. The lowest BCUT2D eigenvalue weighted by Crippen LogP contribution is -1.91. The van der Waals surface area contributed by atoms with E-state index in [0.29, 0.717) is 0 Å². The molecule has 3 aromatic rings. The van der Waals surface area contributed by atoms with E-state index >= 15 is 0 Å². The first-order valence-corrected chi connectivity index (χ1v) is 7.97. The first-order valence-electron chi connectivity index (χ1n) is 7.09. The molecule has 0 spiro atoms. The van der Waals surface area contributed by atoms with Gasteiger partial charge in [0.25, 0.3) is 0 Å². The second-order valence-corrected chi connectivity index (χ2v) is 5.87. The summed E-state index contributed by atoms with van der Waals surface area (Å²) >= 11 is 1.65. The molecule has 0 N–H and O–H groups in total. The average Bonchev–Trinajstić information content (AvgIpc) is 2.99. The first-order chi connectivity index (χ1) is 10.3. The van der Waals surface area contributed by atoms with Gasteiger partial charge in [-0.2, -0.15) is 0 Å². The zero-order chi connectivity index (χ0) is 14.7. The minimum absolute atomic E-state index is 1.00. The van der Waals surface area contributed by atoms with Crippen molar-refractivity contribution in [3.05, 3.63) is 53.4 Å². The minimum atomic E-state index is 1.00. The van der Waals surface area contributed by atoms with E-state index in [-0.39, 0.29) is 0 Å². The molecule has 3 rings (SSSR count). The van der Waals surface area contributed by atoms with Gasteiger partial charge in [-0.3, -0.25) is 9.97 Å². The van der Waals surface area contributed by atoms with Crippen LogP contribution in [0.4, 0.5) is 0 Å². The van der Waals surface area contributed by atoms with Crippen LogP contribution in [0.5, 0.6) is 0 Å². The molecule has 0 aliphatic rings. The number of nitrogens with zero attached hydrogens (tertiary/aromatic N) is 3. The molecule has 0 bridgehead atoms. The second kappa shape index (κ2) is 6.14. The highest BCUT2D eigenvalue weighted by Crippen LogP contribution is 2.30. The van der Waals surface area contributed by atoms with Gasteiger partial charge in [0.05, 0.1) is 5.69 Å². The SMILES string of the molecule is CCCc1ccncc1-c1csc(-c2ccc(C)nc2)n1. The quantitative estimate of drug-likeness (QED) is 0.710. The number of aromatic nitrogens is 3. The van der Waals surface area contributed by atoms with Gasteiger partial charge >= 0.3 is 0 Å². The Kier molecular flexibility index (Phi) is 4.06. The molecule has 3 nitrogen and oxygen atoms in total. The summed E-state index contributed by atoms with van der Waals surface area (Å²) in [6, 6.07) is 6.18. The monoisotopic (exact) mass is 295 g/mol. The third-order valence-electron chi connectivity index (χ3n) is 3.37. The molecule has 0 amide bonds. The molecule has 0 radical (unpaired) electrons. The van der Waals surface area contributed by atoms with E-state index in [1.54, 1.807) is 11.3 Å². The summed E-state index contributed by atoms with van der Waals surface area (Å²) in [5, 5.41) is 3.11. The maximum Gasteiger partial charge on any atom is 0.125 e. The molecule has 0 unspecified atom stereocenters. The lowest BCUT2D eigenvalue weighted by Gasteiger charge is -2.04. The third kappa shape index (κ3) is 3.00. The summed E-state index contributed by atoms with van der Waals surface area (Å²) < 4.78 is 0. The van der Waals surface area contributed by atoms with E-state index in [1.807, 2.05) is 31.6 Å². The molecule has 4 heteroatoms. The second-order valence-electron chi connectivity index (χ2n) is 5.01. The van der Waals surface area contributed by atoms with Crippen molar-refractivity contribution in [2.24, 2.45) is 0 Å². The van der Waals surface area contributed by atoms with Gasteiger partial charge in [-0.25, -0.2) is 4.98 Å². The molecular weight excluding hydrogens is 278 g/mol. The molecule has 0 aliphatic heterocycles. The largest absolute Gasteiger partial charge is 0.264 e. The summed E-state index contributed by atoms with van der Waals surface area (Å²) in [4.78, 5) is 13.4. The van der Waals surface area contributed by atoms with Crippen molar-refractivity contribution in [1.29, 1.82) is 0 Å². The number of thiazole rings is 1. The molecule has 0 saturated carbocycles. The van der Waals surface area contributed by atoms with E-state index in [4.69, 9.17) is 4.98 Å². The van der Waals surface area contributed by atoms with Crippen LogP contribution in [0.2, 0.25) is 0 Å². The molecule has 0 aromatic carbocycles. The van der Waals surface area contributed by atoms with Gasteiger partial charge in [0.1, 0.15) is 5.01 Å². The number of hydrogen-bond donors (Lipinski definition) is 0. The van der Waals surface area contributed by atoms with Gasteiger partial charge in [-0.05, 0) is 37.1 Å². The Morgan fingerprint density at radius 3 is 2.81 bits per heavy atom. The lowest BCUT2D eigenvalue weighted by atomic mass is 10.0. The fourth-order valence-electron chi connectivity index (χ4n) is 2.27. The van der Waals surface area contributed by atoms with Crippen LogP contribution < -0.4 is 0 Å². The van der Waals surface area contributed by atoms with E-state index in [2.05, 4.69) is 34.4 Å². The van der Waals surface area contributed by atoms with Crippen molar-refractivity contribution in [2.75, 3.05) is 0 Å². The maximum absolute atomic E-state index is 4.76. The fourth-order valence-corrected chi connectivity index (χ4v) is 3.08. The Balaban J connectivity index is 1.97. The van der Waals surface area contributed by atoms with Crippen molar-refractivity contribution < 1.29 is 0 Å². The lowest BCUT2D eigenvalue weighted by molar-refractivity contribution is 0.919. The minimum Gasteiger partial charge on any atom is -0.264 e. The predicted octanol–water partition coefficient (Wildman–Crippen LogP) is 4.53. The Bertz CT molecular complexity index is 732. The van der Waals surface area contributed by atoms with Crippen LogP contribution in [-0.2, 0) is 6.42 Å². The van der Waals surface area contributed by atoms with Gasteiger partial charge in [0, 0.05) is 40.8 Å². The number of aryl methyl sites for hydroxylation is 2. The highest BCUT2D eigenvalue weighted by Gasteiger charge is 2.10. The van der Waals surface area contributed by atoms with E-state index in [0.717, 1.165) is 40.4 Å². The Hall–Kier alpha value is -2.07. The van der Waals surface area contributed by atoms with E-state index in [9.17, 15) is 0 Å². The zero-order valence-electron chi connectivity index (χ0n) is 12.2. The standard InChI is InChI=1S/C17H17N3S/c1-3-4-13-7-8-18-10-15(13)16-11-21-17(20-16)14-6-5-12(2)19-9-14/h5-11H,3-4H2,1-2H3. The third-order valence-corrected chi connectivity index (χ3v) is 4.26. The molecule has 0 atom stereocenters. The highest BCUT2D eigenvalue weighted by molar-refractivity contribution is 7.13. The molecule has 0 fully saturated rings. The Labute approximate surface area is 128 Å². The summed E-state index contributed by atoms with van der Waals surface area (Å²) in [6.45, 7) is 4.18. The van der Waals surface area contributed by atoms with Crippen LogP contribution in [0, 0.1) is 6.92 Å². The Morgan fingerprint density at radius 1 is 1.14 bits per heavy atom. The highest BCUT2D eigenvalue weighted by atomic mass is 32.1. The van der Waals surface area contributed by atoms with Gasteiger partial charge in [-0.15, -0.1) is 11.3 Å². The van der Waals surface area contributed by atoms with Gasteiger partial charge in [0.15, 0.2) is 0 Å². The van der Waals surface area contributed by atoms with Crippen LogP contribution in [-0.4, -0.2) is 15.0 Å². The van der Waals surface area contributed by atoms with Crippen molar-refractivity contribution in [2.45, 2.75) is 26.7 Å². The fraction of sp³-hybridized carbons (Fsp3) is 0.235. The Morgan fingerprint density at radius 2 is 2.05 bits per heavy atom. The molecule has 21 heavy (non-hydrogen) atoms. The zero-order valence-corrected chi connectivity index (χ0v) is 13.0. The average molecular weight is 295 g/mol. The molecule has 106 valence electrons. The summed E-state index contributed by atoms with van der Waals surface area (Å²) in [5.74, 6) is 0. The van der Waals surface area contributed by atoms with Crippen LogP contribution in [0.15, 0.2) is 42.2 Å². The summed E-state index contributed by atoms with van der Waals surface area (Å²) in [7, 11) is 0. The molecule has 0 saturated heterocycles. The van der Waals surface area contributed by atoms with Gasteiger partial charge in [0.2, 0.25) is 0 Å². The van der Waals surface area contributed by atoms with Crippen LogP contribution in [0.3, 0.4) is 0 Å². The topological polar surface area (TPSA) is 38.7 Å². The maximum atomic E-state index is 4.76. The van der Waals surface area contributed by atoms with Crippen molar-refractivity contribution in [3.63, 3.8) is 0 Å². The van der Waals surface area contributed by atoms with Crippen molar-refractivity contribution >= 4 is 11.3 Å². The van der Waals surface area contributed by atoms with Crippen LogP contribution in [0.25, 0.3) is 21.8 Å².